The van der Waals surface area contributed by atoms with E-state index in [1.165, 1.54) is 0 Å². The SMILES string of the molecule is Cl.NCC1CCN(C(=O)c2cccc3c2OCCO3)CC1. The number of fused-ring (bicyclic) bond motifs is 1. The van der Waals surface area contributed by atoms with Crippen LogP contribution in [-0.2, 0) is 0 Å². The summed E-state index contributed by atoms with van der Waals surface area (Å²) in [5.41, 5.74) is 6.29. The van der Waals surface area contributed by atoms with Crippen LogP contribution in [-0.4, -0.2) is 43.7 Å². The number of hydrogen-bond acceptors (Lipinski definition) is 4. The summed E-state index contributed by atoms with van der Waals surface area (Å²) < 4.78 is 11.1. The lowest BCUT2D eigenvalue weighted by atomic mass is 9.96. The number of nitrogens with two attached hydrogens (primary N) is 1. The summed E-state index contributed by atoms with van der Waals surface area (Å²) in [4.78, 5) is 14.5. The Bertz CT molecular complexity index is 502. The lowest BCUT2D eigenvalue weighted by Gasteiger charge is -2.32. The Labute approximate surface area is 130 Å². The highest BCUT2D eigenvalue weighted by Crippen LogP contribution is 2.34. The maximum Gasteiger partial charge on any atom is 0.257 e. The van der Waals surface area contributed by atoms with Gasteiger partial charge in [0.15, 0.2) is 11.5 Å². The smallest absolute Gasteiger partial charge is 0.257 e. The van der Waals surface area contributed by atoms with Crippen LogP contribution in [0.5, 0.6) is 11.5 Å². The molecule has 0 atom stereocenters. The second kappa shape index (κ2) is 7.00. The van der Waals surface area contributed by atoms with E-state index in [2.05, 4.69) is 0 Å². The van der Waals surface area contributed by atoms with E-state index in [1.807, 2.05) is 23.1 Å². The molecule has 1 amide bonds. The van der Waals surface area contributed by atoms with E-state index in [-0.39, 0.29) is 18.3 Å². The second-order valence-electron chi connectivity index (χ2n) is 5.30. The average molecular weight is 313 g/mol. The number of hydrogen-bond donors (Lipinski definition) is 1. The van der Waals surface area contributed by atoms with Gasteiger partial charge >= 0.3 is 0 Å². The summed E-state index contributed by atoms with van der Waals surface area (Å²) >= 11 is 0. The maximum atomic E-state index is 12.6. The molecule has 2 heterocycles. The zero-order valence-corrected chi connectivity index (χ0v) is 12.7. The Morgan fingerprint density at radius 1 is 1.24 bits per heavy atom. The highest BCUT2D eigenvalue weighted by Gasteiger charge is 2.27. The fourth-order valence-corrected chi connectivity index (χ4v) is 2.78. The molecule has 1 aromatic rings. The summed E-state index contributed by atoms with van der Waals surface area (Å²) in [6.07, 6.45) is 1.96. The van der Waals surface area contributed by atoms with Gasteiger partial charge in [0.1, 0.15) is 13.2 Å². The first kappa shape index (κ1) is 15.9. The Hall–Kier alpha value is -1.46. The van der Waals surface area contributed by atoms with Crippen LogP contribution >= 0.6 is 12.4 Å². The molecule has 1 aromatic carbocycles. The molecular weight excluding hydrogens is 292 g/mol. The van der Waals surface area contributed by atoms with E-state index in [1.54, 1.807) is 0 Å². The molecule has 0 bridgehead atoms. The zero-order valence-electron chi connectivity index (χ0n) is 11.9. The van der Waals surface area contributed by atoms with Crippen molar-refractivity contribution in [3.63, 3.8) is 0 Å². The molecule has 2 aliphatic rings. The van der Waals surface area contributed by atoms with Crippen molar-refractivity contribution in [3.8, 4) is 11.5 Å². The summed E-state index contributed by atoms with van der Waals surface area (Å²) in [7, 11) is 0. The molecule has 1 fully saturated rings. The molecule has 0 spiro atoms. The number of rotatable bonds is 2. The Morgan fingerprint density at radius 3 is 2.67 bits per heavy atom. The molecule has 2 aliphatic heterocycles. The Kier molecular flexibility index (Phi) is 5.31. The van der Waals surface area contributed by atoms with Gasteiger partial charge in [-0.05, 0) is 37.4 Å². The van der Waals surface area contributed by atoms with Crippen molar-refractivity contribution < 1.29 is 14.3 Å². The fraction of sp³-hybridized carbons (Fsp3) is 0.533. The molecule has 3 rings (SSSR count). The van der Waals surface area contributed by atoms with E-state index >= 15 is 0 Å². The van der Waals surface area contributed by atoms with Gasteiger partial charge in [0.2, 0.25) is 0 Å². The molecule has 1 saturated heterocycles. The van der Waals surface area contributed by atoms with E-state index in [0.29, 0.717) is 42.7 Å². The normalized spacial score (nSPS) is 18.0. The lowest BCUT2D eigenvalue weighted by Crippen LogP contribution is -2.40. The number of para-hydroxylation sites is 1. The first-order chi connectivity index (χ1) is 9.79. The van der Waals surface area contributed by atoms with Gasteiger partial charge in [0, 0.05) is 13.1 Å². The first-order valence-corrected chi connectivity index (χ1v) is 7.17. The predicted molar refractivity (Wildman–Crippen MR) is 82.4 cm³/mol. The second-order valence-corrected chi connectivity index (χ2v) is 5.30. The Balaban J connectivity index is 0.00000161. The minimum Gasteiger partial charge on any atom is -0.486 e. The highest BCUT2D eigenvalue weighted by atomic mass is 35.5. The number of halogens is 1. The fourth-order valence-electron chi connectivity index (χ4n) is 2.78. The molecule has 0 saturated carbocycles. The third kappa shape index (κ3) is 3.24. The largest absolute Gasteiger partial charge is 0.486 e. The van der Waals surface area contributed by atoms with Crippen LogP contribution in [0.25, 0.3) is 0 Å². The van der Waals surface area contributed by atoms with Crippen molar-refractivity contribution in [2.45, 2.75) is 12.8 Å². The summed E-state index contributed by atoms with van der Waals surface area (Å²) in [5, 5.41) is 0. The quantitative estimate of drug-likeness (QED) is 0.902. The van der Waals surface area contributed by atoms with Gasteiger partial charge in [-0.1, -0.05) is 6.07 Å². The van der Waals surface area contributed by atoms with Crippen molar-refractivity contribution in [2.24, 2.45) is 11.7 Å². The van der Waals surface area contributed by atoms with Crippen LogP contribution in [0, 0.1) is 5.92 Å². The minimum atomic E-state index is 0. The molecule has 0 aliphatic carbocycles. The average Bonchev–Trinajstić information content (AvgIpc) is 2.54. The van der Waals surface area contributed by atoms with Crippen molar-refractivity contribution in [3.05, 3.63) is 23.8 Å². The van der Waals surface area contributed by atoms with Crippen LogP contribution in [0.1, 0.15) is 23.2 Å². The number of likely N-dealkylation sites (tertiary alicyclic amines) is 1. The van der Waals surface area contributed by atoms with Gasteiger partial charge in [-0.15, -0.1) is 12.4 Å². The summed E-state index contributed by atoms with van der Waals surface area (Å²) in [6.45, 7) is 3.27. The van der Waals surface area contributed by atoms with Crippen LogP contribution in [0.15, 0.2) is 18.2 Å². The number of carbonyl (C=O) groups is 1. The molecule has 0 unspecified atom stereocenters. The van der Waals surface area contributed by atoms with Crippen LogP contribution in [0.4, 0.5) is 0 Å². The molecule has 0 radical (unpaired) electrons. The van der Waals surface area contributed by atoms with Crippen molar-refractivity contribution in [2.75, 3.05) is 32.8 Å². The van der Waals surface area contributed by atoms with Gasteiger partial charge < -0.3 is 20.1 Å². The lowest BCUT2D eigenvalue weighted by molar-refractivity contribution is 0.0683. The van der Waals surface area contributed by atoms with Gasteiger partial charge in [0.25, 0.3) is 5.91 Å². The molecule has 21 heavy (non-hydrogen) atoms. The Morgan fingerprint density at radius 2 is 1.95 bits per heavy atom. The third-order valence-corrected chi connectivity index (χ3v) is 4.03. The first-order valence-electron chi connectivity index (χ1n) is 7.17. The zero-order chi connectivity index (χ0) is 13.9. The van der Waals surface area contributed by atoms with Gasteiger partial charge in [-0.3, -0.25) is 4.79 Å². The number of piperidine rings is 1. The number of nitrogens with zero attached hydrogens (tertiary/aromatic N) is 1. The summed E-state index contributed by atoms with van der Waals surface area (Å²) in [5.74, 6) is 1.83. The minimum absolute atomic E-state index is 0. The van der Waals surface area contributed by atoms with Gasteiger partial charge in [0.05, 0.1) is 5.56 Å². The number of carbonyl (C=O) groups excluding carboxylic acids is 1. The summed E-state index contributed by atoms with van der Waals surface area (Å²) in [6, 6.07) is 5.49. The van der Waals surface area contributed by atoms with Crippen LogP contribution < -0.4 is 15.2 Å². The topological polar surface area (TPSA) is 64.8 Å². The number of amides is 1. The predicted octanol–water partition coefficient (Wildman–Crippen LogP) is 1.69. The third-order valence-electron chi connectivity index (χ3n) is 4.03. The molecule has 2 N–H and O–H groups in total. The van der Waals surface area contributed by atoms with Gasteiger partial charge in [-0.25, -0.2) is 0 Å². The van der Waals surface area contributed by atoms with E-state index in [4.69, 9.17) is 15.2 Å². The van der Waals surface area contributed by atoms with E-state index in [9.17, 15) is 4.79 Å². The van der Waals surface area contributed by atoms with Gasteiger partial charge in [-0.2, -0.15) is 0 Å². The molecule has 0 aromatic heterocycles. The molecule has 6 heteroatoms. The number of ether oxygens (including phenoxy) is 2. The van der Waals surface area contributed by atoms with Crippen LogP contribution in [0.3, 0.4) is 0 Å². The van der Waals surface area contributed by atoms with E-state index < -0.39 is 0 Å². The van der Waals surface area contributed by atoms with Crippen LogP contribution in [0.2, 0.25) is 0 Å². The number of benzene rings is 1. The molecule has 5 nitrogen and oxygen atoms in total. The monoisotopic (exact) mass is 312 g/mol. The van der Waals surface area contributed by atoms with E-state index in [0.717, 1.165) is 25.9 Å². The standard InChI is InChI=1S/C15H20N2O3.ClH/c16-10-11-4-6-17(7-5-11)15(18)12-2-1-3-13-14(12)20-9-8-19-13;/h1-3,11H,4-10,16H2;1H. The highest BCUT2D eigenvalue weighted by molar-refractivity contribution is 5.98. The molecular formula is C15H21ClN2O3. The van der Waals surface area contributed by atoms with Crippen molar-refractivity contribution in [1.82, 2.24) is 4.90 Å². The van der Waals surface area contributed by atoms with Crippen molar-refractivity contribution >= 4 is 18.3 Å². The maximum absolute atomic E-state index is 12.6. The van der Waals surface area contributed by atoms with Crippen molar-refractivity contribution in [1.29, 1.82) is 0 Å². The molecule has 116 valence electrons.